The average molecular weight is 476 g/mol. The zero-order valence-corrected chi connectivity index (χ0v) is 21.0. The molecule has 1 saturated heterocycles. The Balaban J connectivity index is 1.38. The van der Waals surface area contributed by atoms with Gasteiger partial charge in [-0.15, -0.1) is 0 Å². The van der Waals surface area contributed by atoms with Crippen LogP contribution >= 0.6 is 0 Å². The lowest BCUT2D eigenvalue weighted by molar-refractivity contribution is -0.136. The van der Waals surface area contributed by atoms with Crippen LogP contribution in [-0.4, -0.2) is 41.4 Å². The van der Waals surface area contributed by atoms with Gasteiger partial charge < -0.3 is 10.6 Å². The molecule has 4 rings (SSSR count). The van der Waals surface area contributed by atoms with E-state index in [9.17, 15) is 14.4 Å². The fourth-order valence-corrected chi connectivity index (χ4v) is 5.55. The Hall–Kier alpha value is -3.15. The highest BCUT2D eigenvalue weighted by atomic mass is 16.2. The highest BCUT2D eigenvalue weighted by Gasteiger charge is 2.53. The average Bonchev–Trinajstić information content (AvgIpc) is 3.09. The first-order valence-corrected chi connectivity index (χ1v) is 12.8. The Labute approximate surface area is 208 Å². The molecule has 0 aromatic heterocycles. The first kappa shape index (κ1) is 25.0. The first-order valence-electron chi connectivity index (χ1n) is 12.8. The van der Waals surface area contributed by atoms with Gasteiger partial charge in [-0.25, -0.2) is 4.79 Å². The minimum Gasteiger partial charge on any atom is -0.354 e. The predicted molar refractivity (Wildman–Crippen MR) is 137 cm³/mol. The maximum atomic E-state index is 13.3. The maximum Gasteiger partial charge on any atom is 0.325 e. The molecule has 0 bridgehead atoms. The standard InChI is InChI=1S/C29H37N3O3/c1-4-28(2,3)23-15-17-29(18-16-23)26(34)32(27(35)31-29)20-25(33)30-19-24(21-11-7-5-8-12-21)22-13-9-6-10-14-22/h5-14,23-24H,4,15-20H2,1-3H3,(H,30,33)(H,31,35). The number of hydrogen-bond acceptors (Lipinski definition) is 3. The Bertz CT molecular complexity index is 1000. The number of urea groups is 1. The van der Waals surface area contributed by atoms with Gasteiger partial charge in [-0.1, -0.05) is 87.9 Å². The van der Waals surface area contributed by atoms with E-state index in [4.69, 9.17) is 0 Å². The molecule has 186 valence electrons. The SMILES string of the molecule is CCC(C)(C)C1CCC2(CC1)NC(=O)N(CC(=O)NCC(c1ccccc1)c1ccccc1)C2=O. The van der Waals surface area contributed by atoms with Gasteiger partial charge in [0, 0.05) is 12.5 Å². The smallest absolute Gasteiger partial charge is 0.325 e. The van der Waals surface area contributed by atoms with Gasteiger partial charge in [0.15, 0.2) is 0 Å². The number of carbonyl (C=O) groups is 3. The molecule has 1 aliphatic carbocycles. The molecule has 2 fully saturated rings. The summed E-state index contributed by atoms with van der Waals surface area (Å²) in [7, 11) is 0. The third-order valence-corrected chi connectivity index (χ3v) is 8.31. The maximum absolute atomic E-state index is 13.3. The fourth-order valence-electron chi connectivity index (χ4n) is 5.55. The van der Waals surface area contributed by atoms with E-state index < -0.39 is 11.6 Å². The van der Waals surface area contributed by atoms with Crippen LogP contribution in [0.15, 0.2) is 60.7 Å². The van der Waals surface area contributed by atoms with Crippen LogP contribution < -0.4 is 10.6 Å². The van der Waals surface area contributed by atoms with Crippen LogP contribution in [0.5, 0.6) is 0 Å². The van der Waals surface area contributed by atoms with Crippen molar-refractivity contribution in [2.24, 2.45) is 11.3 Å². The van der Waals surface area contributed by atoms with Crippen molar-refractivity contribution in [1.29, 1.82) is 0 Å². The van der Waals surface area contributed by atoms with Gasteiger partial charge in [-0.05, 0) is 48.1 Å². The van der Waals surface area contributed by atoms with E-state index in [0.29, 0.717) is 25.3 Å². The van der Waals surface area contributed by atoms with Gasteiger partial charge in [0.25, 0.3) is 5.91 Å². The van der Waals surface area contributed by atoms with E-state index in [-0.39, 0.29) is 29.7 Å². The van der Waals surface area contributed by atoms with Gasteiger partial charge in [0.1, 0.15) is 12.1 Å². The molecule has 2 aliphatic rings. The Morgan fingerprint density at radius 2 is 1.57 bits per heavy atom. The summed E-state index contributed by atoms with van der Waals surface area (Å²) in [5, 5.41) is 5.90. The normalized spacial score (nSPS) is 22.5. The van der Waals surface area contributed by atoms with Crippen molar-refractivity contribution in [3.8, 4) is 0 Å². The summed E-state index contributed by atoms with van der Waals surface area (Å²) in [6.45, 7) is 6.88. The molecule has 2 aromatic rings. The van der Waals surface area contributed by atoms with Gasteiger partial charge in [-0.3, -0.25) is 14.5 Å². The van der Waals surface area contributed by atoms with E-state index in [1.807, 2.05) is 60.7 Å². The minimum atomic E-state index is -0.853. The fraction of sp³-hybridized carbons (Fsp3) is 0.483. The zero-order chi connectivity index (χ0) is 25.1. The highest BCUT2D eigenvalue weighted by Crippen LogP contribution is 2.45. The lowest BCUT2D eigenvalue weighted by Crippen LogP contribution is -2.51. The number of hydrogen-bond donors (Lipinski definition) is 2. The van der Waals surface area contributed by atoms with Gasteiger partial charge in [0.05, 0.1) is 0 Å². The molecule has 0 unspecified atom stereocenters. The number of carbonyl (C=O) groups excluding carboxylic acids is 3. The Morgan fingerprint density at radius 1 is 1.03 bits per heavy atom. The van der Waals surface area contributed by atoms with Crippen molar-refractivity contribution >= 4 is 17.8 Å². The van der Waals surface area contributed by atoms with Crippen LogP contribution in [0.2, 0.25) is 0 Å². The predicted octanol–water partition coefficient (Wildman–Crippen LogP) is 4.85. The lowest BCUT2D eigenvalue weighted by atomic mass is 9.65. The molecular weight excluding hydrogens is 438 g/mol. The molecule has 1 spiro atoms. The first-order chi connectivity index (χ1) is 16.8. The van der Waals surface area contributed by atoms with E-state index in [1.54, 1.807) is 0 Å². The van der Waals surface area contributed by atoms with E-state index in [2.05, 4.69) is 31.4 Å². The molecule has 2 aromatic carbocycles. The molecule has 2 N–H and O–H groups in total. The third-order valence-electron chi connectivity index (χ3n) is 8.31. The topological polar surface area (TPSA) is 78.5 Å². The van der Waals surface area contributed by atoms with Crippen LogP contribution in [-0.2, 0) is 9.59 Å². The second-order valence-electron chi connectivity index (χ2n) is 10.7. The number of amides is 4. The quantitative estimate of drug-likeness (QED) is 0.536. The van der Waals surface area contributed by atoms with Crippen LogP contribution in [0.1, 0.15) is 69.9 Å². The van der Waals surface area contributed by atoms with Crippen LogP contribution in [0.25, 0.3) is 0 Å². The van der Waals surface area contributed by atoms with Crippen molar-refractivity contribution < 1.29 is 14.4 Å². The molecular formula is C29H37N3O3. The summed E-state index contributed by atoms with van der Waals surface area (Å²) >= 11 is 0. The molecule has 0 atom stereocenters. The summed E-state index contributed by atoms with van der Waals surface area (Å²) in [6, 6.07) is 19.6. The van der Waals surface area contributed by atoms with Crippen LogP contribution in [0.4, 0.5) is 4.79 Å². The Kier molecular flexibility index (Phi) is 7.29. The molecule has 0 radical (unpaired) electrons. The summed E-state index contributed by atoms with van der Waals surface area (Å²) in [4.78, 5) is 40.0. The largest absolute Gasteiger partial charge is 0.354 e. The number of nitrogens with zero attached hydrogens (tertiary/aromatic N) is 1. The minimum absolute atomic E-state index is 0.0204. The summed E-state index contributed by atoms with van der Waals surface area (Å²) in [6.07, 6.45) is 4.16. The number of nitrogens with one attached hydrogen (secondary N) is 2. The third kappa shape index (κ3) is 5.26. The highest BCUT2D eigenvalue weighted by molar-refractivity contribution is 6.09. The summed E-state index contributed by atoms with van der Waals surface area (Å²) < 4.78 is 0. The van der Waals surface area contributed by atoms with Crippen molar-refractivity contribution in [2.45, 2.75) is 64.3 Å². The molecule has 6 heteroatoms. The number of benzene rings is 2. The van der Waals surface area contributed by atoms with Gasteiger partial charge in [-0.2, -0.15) is 0 Å². The number of imide groups is 1. The number of rotatable bonds is 8. The second-order valence-corrected chi connectivity index (χ2v) is 10.7. The molecule has 4 amide bonds. The van der Waals surface area contributed by atoms with E-state index >= 15 is 0 Å². The zero-order valence-electron chi connectivity index (χ0n) is 21.0. The Morgan fingerprint density at radius 3 is 2.09 bits per heavy atom. The molecule has 35 heavy (non-hydrogen) atoms. The van der Waals surface area contributed by atoms with Gasteiger partial charge in [0.2, 0.25) is 5.91 Å². The molecule has 1 heterocycles. The van der Waals surface area contributed by atoms with E-state index in [1.165, 1.54) is 0 Å². The van der Waals surface area contributed by atoms with Crippen molar-refractivity contribution in [1.82, 2.24) is 15.5 Å². The van der Waals surface area contributed by atoms with Crippen molar-refractivity contribution in [2.75, 3.05) is 13.1 Å². The second kappa shape index (κ2) is 10.2. The van der Waals surface area contributed by atoms with E-state index in [0.717, 1.165) is 35.3 Å². The van der Waals surface area contributed by atoms with Crippen molar-refractivity contribution in [3.63, 3.8) is 0 Å². The van der Waals surface area contributed by atoms with Crippen LogP contribution in [0.3, 0.4) is 0 Å². The van der Waals surface area contributed by atoms with Crippen LogP contribution in [0, 0.1) is 11.3 Å². The molecule has 6 nitrogen and oxygen atoms in total. The van der Waals surface area contributed by atoms with Gasteiger partial charge >= 0.3 is 6.03 Å². The summed E-state index contributed by atoms with van der Waals surface area (Å²) in [5.74, 6) is -0.0719. The molecule has 1 saturated carbocycles. The monoisotopic (exact) mass is 475 g/mol. The lowest BCUT2D eigenvalue weighted by Gasteiger charge is -2.42. The van der Waals surface area contributed by atoms with Crippen molar-refractivity contribution in [3.05, 3.63) is 71.8 Å². The summed E-state index contributed by atoms with van der Waals surface area (Å²) in [5.41, 5.74) is 1.56. The molecule has 1 aliphatic heterocycles.